The molecule has 9 nitrogen and oxygen atoms in total. The van der Waals surface area contributed by atoms with Gasteiger partial charge in [0.15, 0.2) is 0 Å². The summed E-state index contributed by atoms with van der Waals surface area (Å²) in [5.41, 5.74) is 0.672. The summed E-state index contributed by atoms with van der Waals surface area (Å²) in [5, 5.41) is 0.489. The van der Waals surface area contributed by atoms with Gasteiger partial charge >= 0.3 is 0 Å². The molecule has 184 valence electrons. The Hall–Kier alpha value is -3.08. The monoisotopic (exact) mass is 496 g/mol. The molecule has 1 atom stereocenters. The lowest BCUT2D eigenvalue weighted by Crippen LogP contribution is -2.38. The minimum absolute atomic E-state index is 0.0963. The van der Waals surface area contributed by atoms with Crippen molar-refractivity contribution in [2.24, 2.45) is 0 Å². The van der Waals surface area contributed by atoms with Crippen molar-refractivity contribution in [3.8, 4) is 0 Å². The number of hydrogen-bond donors (Lipinski definition) is 1. The van der Waals surface area contributed by atoms with Crippen molar-refractivity contribution in [2.75, 3.05) is 26.2 Å². The smallest absolute Gasteiger partial charge is 0.258 e. The lowest BCUT2D eigenvalue weighted by molar-refractivity contribution is 0.0501. The summed E-state index contributed by atoms with van der Waals surface area (Å²) >= 11 is 0. The molecule has 1 unspecified atom stereocenters. The molecule has 2 aliphatic heterocycles. The van der Waals surface area contributed by atoms with Gasteiger partial charge in [-0.05, 0) is 62.1 Å². The summed E-state index contributed by atoms with van der Waals surface area (Å²) < 4.78 is 32.9. The summed E-state index contributed by atoms with van der Waals surface area (Å²) in [6, 6.07) is 13.1. The number of rotatable bonds is 7. The highest BCUT2D eigenvalue weighted by Gasteiger charge is 2.28. The Bertz CT molecular complexity index is 1370. The van der Waals surface area contributed by atoms with Crippen LogP contribution in [0, 0.1) is 0 Å². The van der Waals surface area contributed by atoms with E-state index in [-0.39, 0.29) is 29.0 Å². The van der Waals surface area contributed by atoms with Crippen LogP contribution in [0.1, 0.15) is 41.9 Å². The summed E-state index contributed by atoms with van der Waals surface area (Å²) in [5.74, 6) is 0.106. The van der Waals surface area contributed by atoms with Crippen molar-refractivity contribution >= 4 is 26.8 Å². The van der Waals surface area contributed by atoms with Crippen molar-refractivity contribution in [3.05, 3.63) is 70.3 Å². The van der Waals surface area contributed by atoms with Gasteiger partial charge in [0, 0.05) is 31.8 Å². The number of ether oxygens (including phenoxy) is 1. The van der Waals surface area contributed by atoms with Gasteiger partial charge in [-0.25, -0.2) is 13.4 Å². The van der Waals surface area contributed by atoms with Crippen molar-refractivity contribution < 1.29 is 17.9 Å². The first-order chi connectivity index (χ1) is 16.9. The molecule has 0 spiro atoms. The zero-order valence-corrected chi connectivity index (χ0v) is 20.2. The predicted molar refractivity (Wildman–Crippen MR) is 131 cm³/mol. The molecule has 2 aliphatic rings. The minimum Gasteiger partial charge on any atom is -0.376 e. The maximum absolute atomic E-state index is 13.5. The fourth-order valence-corrected chi connectivity index (χ4v) is 6.19. The molecular weight excluding hydrogens is 468 g/mol. The first-order valence-electron chi connectivity index (χ1n) is 11.9. The van der Waals surface area contributed by atoms with Crippen molar-refractivity contribution in [2.45, 2.75) is 43.2 Å². The summed E-state index contributed by atoms with van der Waals surface area (Å²) in [4.78, 5) is 35.1. The van der Waals surface area contributed by atoms with Crippen molar-refractivity contribution in [1.82, 2.24) is 19.2 Å². The number of amides is 1. The zero-order chi connectivity index (χ0) is 24.4. The molecule has 0 radical (unpaired) electrons. The molecular formula is C25H28N4O5S. The van der Waals surface area contributed by atoms with Gasteiger partial charge in [-0.1, -0.05) is 12.1 Å². The number of carbonyl (C=O) groups excluding carboxylic acids is 1. The highest BCUT2D eigenvalue weighted by Crippen LogP contribution is 2.22. The number of sulfonamides is 1. The lowest BCUT2D eigenvalue weighted by Gasteiger charge is -2.25. The van der Waals surface area contributed by atoms with Crippen LogP contribution >= 0.6 is 0 Å². The Morgan fingerprint density at radius 1 is 1.09 bits per heavy atom. The van der Waals surface area contributed by atoms with Crippen molar-refractivity contribution in [3.63, 3.8) is 0 Å². The molecule has 1 aromatic heterocycles. The van der Waals surface area contributed by atoms with E-state index in [0.717, 1.165) is 25.7 Å². The van der Waals surface area contributed by atoms with Gasteiger partial charge in [0.25, 0.3) is 11.5 Å². The number of nitrogens with zero attached hydrogens (tertiary/aromatic N) is 3. The Kier molecular flexibility index (Phi) is 6.68. The van der Waals surface area contributed by atoms with Gasteiger partial charge in [-0.2, -0.15) is 4.31 Å². The van der Waals surface area contributed by atoms with Gasteiger partial charge in [-0.3, -0.25) is 9.59 Å². The van der Waals surface area contributed by atoms with Crippen LogP contribution < -0.4 is 5.56 Å². The normalized spacial score (nSPS) is 18.8. The number of aromatic amines is 1. The highest BCUT2D eigenvalue weighted by atomic mass is 32.2. The van der Waals surface area contributed by atoms with Gasteiger partial charge < -0.3 is 14.6 Å². The van der Waals surface area contributed by atoms with Gasteiger partial charge in [0.05, 0.1) is 28.4 Å². The predicted octanol–water partition coefficient (Wildman–Crippen LogP) is 2.53. The second-order valence-corrected chi connectivity index (χ2v) is 10.9. The molecule has 2 aromatic carbocycles. The average molecular weight is 497 g/mol. The van der Waals surface area contributed by atoms with Crippen LogP contribution in [0.3, 0.4) is 0 Å². The number of H-pyrrole nitrogens is 1. The Morgan fingerprint density at radius 2 is 1.83 bits per heavy atom. The van der Waals surface area contributed by atoms with Crippen molar-refractivity contribution in [1.29, 1.82) is 0 Å². The maximum Gasteiger partial charge on any atom is 0.258 e. The summed E-state index contributed by atoms with van der Waals surface area (Å²) in [7, 11) is -3.56. The Balaban J connectivity index is 1.40. The minimum atomic E-state index is -3.56. The number of para-hydroxylation sites is 1. The van der Waals surface area contributed by atoms with E-state index in [1.807, 2.05) is 6.07 Å². The second-order valence-electron chi connectivity index (χ2n) is 8.99. The Labute approximate surface area is 203 Å². The third-order valence-corrected chi connectivity index (χ3v) is 8.45. The summed E-state index contributed by atoms with van der Waals surface area (Å²) in [6.45, 7) is 2.15. The van der Waals surface area contributed by atoms with Crippen LogP contribution in [-0.2, 0) is 21.3 Å². The molecule has 1 N–H and O–H groups in total. The first kappa shape index (κ1) is 23.7. The molecule has 2 saturated heterocycles. The van der Waals surface area contributed by atoms with E-state index in [2.05, 4.69) is 9.97 Å². The van der Waals surface area contributed by atoms with E-state index in [1.54, 1.807) is 35.2 Å². The average Bonchev–Trinajstić information content (AvgIpc) is 3.58. The molecule has 0 bridgehead atoms. The van der Waals surface area contributed by atoms with Crippen LogP contribution in [0.15, 0.2) is 58.2 Å². The second kappa shape index (κ2) is 9.88. The third kappa shape index (κ3) is 5.00. The number of nitrogens with one attached hydrogen (secondary N) is 1. The molecule has 5 rings (SSSR count). The van der Waals surface area contributed by atoms with E-state index in [1.165, 1.54) is 16.4 Å². The first-order valence-corrected chi connectivity index (χ1v) is 13.3. The van der Waals surface area contributed by atoms with E-state index >= 15 is 0 Å². The van der Waals surface area contributed by atoms with Gasteiger partial charge in [-0.15, -0.1) is 0 Å². The number of benzene rings is 2. The Morgan fingerprint density at radius 3 is 2.54 bits per heavy atom. The van der Waals surface area contributed by atoms with E-state index < -0.39 is 10.0 Å². The third-order valence-electron chi connectivity index (χ3n) is 6.54. The van der Waals surface area contributed by atoms with Crippen LogP contribution in [0.25, 0.3) is 10.9 Å². The molecule has 10 heteroatoms. The van der Waals surface area contributed by atoms with Gasteiger partial charge in [0.1, 0.15) is 5.82 Å². The molecule has 0 saturated carbocycles. The fraction of sp³-hybridized carbons (Fsp3) is 0.400. The zero-order valence-electron chi connectivity index (χ0n) is 19.4. The summed E-state index contributed by atoms with van der Waals surface area (Å²) in [6.07, 6.45) is 3.40. The molecule has 3 aromatic rings. The molecule has 2 fully saturated rings. The number of hydrogen-bond acceptors (Lipinski definition) is 6. The quantitative estimate of drug-likeness (QED) is 0.538. The molecule has 0 aliphatic carbocycles. The molecule has 35 heavy (non-hydrogen) atoms. The topological polar surface area (TPSA) is 113 Å². The van der Waals surface area contributed by atoms with Crippen LogP contribution in [-0.4, -0.2) is 65.8 Å². The molecule has 1 amide bonds. The van der Waals surface area contributed by atoms with Gasteiger partial charge in [0.2, 0.25) is 10.0 Å². The van der Waals surface area contributed by atoms with Crippen LogP contribution in [0.5, 0.6) is 0 Å². The van der Waals surface area contributed by atoms with E-state index in [0.29, 0.717) is 48.5 Å². The number of carbonyl (C=O) groups is 1. The number of fused-ring (bicyclic) bond motifs is 1. The van der Waals surface area contributed by atoms with Crippen LogP contribution in [0.4, 0.5) is 0 Å². The SMILES string of the molecule is O=C(c1ccc(S(=O)(=O)N2CCCC2)cc1)N(Cc1nc2ccccc2c(=O)[nH]1)CC1CCCO1. The largest absolute Gasteiger partial charge is 0.376 e. The van der Waals surface area contributed by atoms with E-state index in [9.17, 15) is 18.0 Å². The number of aromatic nitrogens is 2. The molecule has 3 heterocycles. The standard InChI is InChI=1S/C25H28N4O5S/c30-24-21-7-1-2-8-22(21)26-23(27-24)17-28(16-19-6-5-15-34-19)25(31)18-9-11-20(12-10-18)35(32,33)29-13-3-4-14-29/h1-2,7-12,19H,3-6,13-17H2,(H,26,27,30). The van der Waals surface area contributed by atoms with E-state index in [4.69, 9.17) is 4.74 Å². The fourth-order valence-electron chi connectivity index (χ4n) is 4.67. The van der Waals surface area contributed by atoms with Crippen LogP contribution in [0.2, 0.25) is 0 Å². The maximum atomic E-state index is 13.5. The lowest BCUT2D eigenvalue weighted by atomic mass is 10.1. The highest BCUT2D eigenvalue weighted by molar-refractivity contribution is 7.89.